The Labute approximate surface area is 194 Å². The highest BCUT2D eigenvalue weighted by Gasteiger charge is 2.47. The van der Waals surface area contributed by atoms with E-state index in [1.165, 1.54) is 17.7 Å². The zero-order valence-electron chi connectivity index (χ0n) is 19.4. The van der Waals surface area contributed by atoms with Crippen LogP contribution in [-0.4, -0.2) is 16.4 Å². The number of nitro benzene ring substituents is 1. The Bertz CT molecular complexity index is 1230. The molecule has 0 aliphatic carbocycles. The molecule has 5 nitrogen and oxygen atoms in total. The summed E-state index contributed by atoms with van der Waals surface area (Å²) in [7, 11) is 0. The molecule has 1 aliphatic rings. The van der Waals surface area contributed by atoms with Crippen LogP contribution in [0.25, 0.3) is 6.08 Å². The maximum absolute atomic E-state index is 13.5. The number of carbonyl (C=O) groups is 1. The van der Waals surface area contributed by atoms with Crippen molar-refractivity contribution in [3.63, 3.8) is 0 Å². The maximum Gasteiger partial charge on any atom is 0.269 e. The first-order valence-corrected chi connectivity index (χ1v) is 11.1. The van der Waals surface area contributed by atoms with E-state index in [1.54, 1.807) is 24.3 Å². The number of amides is 1. The molecule has 1 amide bonds. The molecule has 1 atom stereocenters. The lowest BCUT2D eigenvalue weighted by Crippen LogP contribution is -2.55. The second-order valence-electron chi connectivity index (χ2n) is 9.56. The first-order valence-electron chi connectivity index (χ1n) is 11.1. The van der Waals surface area contributed by atoms with Gasteiger partial charge < -0.3 is 4.90 Å². The minimum atomic E-state index is -0.433. The number of hydrogen-bond donors (Lipinski definition) is 0. The highest BCUT2D eigenvalue weighted by molar-refractivity contribution is 6.06. The summed E-state index contributed by atoms with van der Waals surface area (Å²) in [5.74, 6) is -0.112. The van der Waals surface area contributed by atoms with Crippen LogP contribution < -0.4 is 4.90 Å². The summed E-state index contributed by atoms with van der Waals surface area (Å²) in [4.78, 5) is 25.8. The van der Waals surface area contributed by atoms with Crippen LogP contribution in [0.2, 0.25) is 0 Å². The molecule has 0 bridgehead atoms. The summed E-state index contributed by atoms with van der Waals surface area (Å²) in [5.41, 5.74) is 4.56. The van der Waals surface area contributed by atoms with Gasteiger partial charge in [0.05, 0.1) is 4.92 Å². The zero-order chi connectivity index (χ0) is 23.8. The van der Waals surface area contributed by atoms with Crippen LogP contribution in [0.1, 0.15) is 49.4 Å². The molecule has 0 saturated heterocycles. The van der Waals surface area contributed by atoms with Gasteiger partial charge in [-0.2, -0.15) is 0 Å². The predicted octanol–water partition coefficient (Wildman–Crippen LogP) is 6.44. The van der Waals surface area contributed by atoms with Gasteiger partial charge in [0, 0.05) is 34.9 Å². The van der Waals surface area contributed by atoms with Gasteiger partial charge in [0.25, 0.3) is 11.6 Å². The van der Waals surface area contributed by atoms with Crippen molar-refractivity contribution in [2.45, 2.75) is 45.1 Å². The number of hydrogen-bond acceptors (Lipinski definition) is 3. The number of nitrogens with zero attached hydrogens (tertiary/aromatic N) is 2. The normalized spacial score (nSPS) is 19.3. The number of anilines is 1. The molecule has 0 N–H and O–H groups in total. The molecule has 0 unspecified atom stereocenters. The summed E-state index contributed by atoms with van der Waals surface area (Å²) >= 11 is 0. The lowest BCUT2D eigenvalue weighted by molar-refractivity contribution is -0.384. The van der Waals surface area contributed by atoms with Crippen molar-refractivity contribution < 1.29 is 9.72 Å². The van der Waals surface area contributed by atoms with Gasteiger partial charge >= 0.3 is 0 Å². The smallest absolute Gasteiger partial charge is 0.269 e. The van der Waals surface area contributed by atoms with E-state index in [9.17, 15) is 14.9 Å². The predicted molar refractivity (Wildman–Crippen MR) is 132 cm³/mol. The van der Waals surface area contributed by atoms with Crippen LogP contribution in [-0.2, 0) is 10.2 Å². The maximum atomic E-state index is 13.5. The summed E-state index contributed by atoms with van der Waals surface area (Å²) in [6.07, 6.45) is 4.04. The lowest BCUT2D eigenvalue weighted by atomic mass is 9.65. The van der Waals surface area contributed by atoms with Gasteiger partial charge in [-0.05, 0) is 68.2 Å². The van der Waals surface area contributed by atoms with Gasteiger partial charge in [-0.3, -0.25) is 14.9 Å². The molecule has 1 aliphatic heterocycles. The molecule has 3 aromatic carbocycles. The number of rotatable bonds is 4. The minimum absolute atomic E-state index is 0.0279. The van der Waals surface area contributed by atoms with Gasteiger partial charge in [-0.25, -0.2) is 0 Å². The second-order valence-corrected chi connectivity index (χ2v) is 9.56. The number of carbonyl (C=O) groups excluding carboxylic acids is 1. The lowest BCUT2D eigenvalue weighted by Gasteiger charge is -2.51. The highest BCUT2D eigenvalue weighted by atomic mass is 16.6. The van der Waals surface area contributed by atoms with Crippen LogP contribution in [0.3, 0.4) is 0 Å². The SMILES string of the molecule is Cc1ccc2c(c1)[C@@](C)(c1ccccc1)CC(C)(C)N2C(=O)/C=C/c1ccc([N+](=O)[O-])cc1. The van der Waals surface area contributed by atoms with Crippen LogP contribution >= 0.6 is 0 Å². The van der Waals surface area contributed by atoms with E-state index in [0.29, 0.717) is 0 Å². The van der Waals surface area contributed by atoms with Crippen molar-refractivity contribution in [1.82, 2.24) is 0 Å². The monoisotopic (exact) mass is 440 g/mol. The fourth-order valence-corrected chi connectivity index (χ4v) is 5.08. The molecular formula is C28H28N2O3. The topological polar surface area (TPSA) is 63.5 Å². The quantitative estimate of drug-likeness (QED) is 0.266. The van der Waals surface area contributed by atoms with E-state index in [4.69, 9.17) is 0 Å². The number of non-ortho nitro benzene ring substituents is 1. The molecule has 0 saturated carbocycles. The van der Waals surface area contributed by atoms with E-state index in [2.05, 4.69) is 58.0 Å². The number of benzene rings is 3. The fourth-order valence-electron chi connectivity index (χ4n) is 5.08. The Morgan fingerprint density at radius 3 is 2.30 bits per heavy atom. The molecule has 1 heterocycles. The largest absolute Gasteiger partial charge is 0.303 e. The fraction of sp³-hybridized carbons (Fsp3) is 0.250. The van der Waals surface area contributed by atoms with Crippen LogP contribution in [0, 0.1) is 17.0 Å². The van der Waals surface area contributed by atoms with Gasteiger partial charge in [0.1, 0.15) is 0 Å². The van der Waals surface area contributed by atoms with Crippen LogP contribution in [0.15, 0.2) is 78.9 Å². The van der Waals surface area contributed by atoms with Crippen molar-refractivity contribution >= 4 is 23.4 Å². The first-order chi connectivity index (χ1) is 15.6. The Kier molecular flexibility index (Phi) is 5.66. The molecule has 4 rings (SSSR count). The van der Waals surface area contributed by atoms with E-state index >= 15 is 0 Å². The molecule has 168 valence electrons. The standard InChI is InChI=1S/C28H28N2O3/c1-20-10-16-25-24(18-20)28(4,22-8-6-5-7-9-22)19-27(2,3)29(25)26(31)17-13-21-11-14-23(15-12-21)30(32)33/h5-18H,19H2,1-4H3/b17-13+/t28-/m1/s1. The average Bonchev–Trinajstić information content (AvgIpc) is 2.78. The molecule has 33 heavy (non-hydrogen) atoms. The van der Waals surface area contributed by atoms with E-state index in [1.807, 2.05) is 23.1 Å². The van der Waals surface area contributed by atoms with Gasteiger partial charge in [-0.15, -0.1) is 0 Å². The van der Waals surface area contributed by atoms with Crippen molar-refractivity contribution in [3.8, 4) is 0 Å². The van der Waals surface area contributed by atoms with Crippen LogP contribution in [0.5, 0.6) is 0 Å². The molecule has 0 fully saturated rings. The summed E-state index contributed by atoms with van der Waals surface area (Å²) in [5, 5.41) is 10.9. The number of aryl methyl sites for hydroxylation is 1. The summed E-state index contributed by atoms with van der Waals surface area (Å²) < 4.78 is 0. The van der Waals surface area contributed by atoms with Crippen molar-refractivity contribution in [1.29, 1.82) is 0 Å². The number of nitro groups is 1. The van der Waals surface area contributed by atoms with Crippen molar-refractivity contribution in [3.05, 3.63) is 111 Å². The third kappa shape index (κ3) is 4.19. The van der Waals surface area contributed by atoms with E-state index < -0.39 is 10.5 Å². The molecule has 0 spiro atoms. The first kappa shape index (κ1) is 22.5. The Morgan fingerprint density at radius 2 is 1.67 bits per heavy atom. The molecule has 3 aromatic rings. The van der Waals surface area contributed by atoms with Crippen LogP contribution in [0.4, 0.5) is 11.4 Å². The molecule has 5 heteroatoms. The zero-order valence-corrected chi connectivity index (χ0v) is 19.4. The van der Waals surface area contributed by atoms with E-state index in [-0.39, 0.29) is 17.0 Å². The minimum Gasteiger partial charge on any atom is -0.303 e. The molecule has 0 radical (unpaired) electrons. The molecule has 0 aromatic heterocycles. The van der Waals surface area contributed by atoms with Gasteiger partial charge in [-0.1, -0.05) is 55.0 Å². The Hall–Kier alpha value is -3.73. The third-order valence-electron chi connectivity index (χ3n) is 6.53. The third-order valence-corrected chi connectivity index (χ3v) is 6.53. The van der Waals surface area contributed by atoms with Crippen molar-refractivity contribution in [2.24, 2.45) is 0 Å². The Morgan fingerprint density at radius 1 is 1.00 bits per heavy atom. The average molecular weight is 441 g/mol. The summed E-state index contributed by atoms with van der Waals surface area (Å²) in [6, 6.07) is 22.9. The van der Waals surface area contributed by atoms with Gasteiger partial charge in [0.15, 0.2) is 0 Å². The summed E-state index contributed by atoms with van der Waals surface area (Å²) in [6.45, 7) is 8.55. The number of fused-ring (bicyclic) bond motifs is 1. The highest BCUT2D eigenvalue weighted by Crippen LogP contribution is 2.50. The van der Waals surface area contributed by atoms with Gasteiger partial charge in [0.2, 0.25) is 0 Å². The van der Waals surface area contributed by atoms with Crippen molar-refractivity contribution in [2.75, 3.05) is 4.90 Å². The van der Waals surface area contributed by atoms with E-state index in [0.717, 1.165) is 28.8 Å². The Balaban J connectivity index is 1.74. The molecular weight excluding hydrogens is 412 g/mol. The second kappa shape index (κ2) is 8.32.